The Bertz CT molecular complexity index is 1010. The topological polar surface area (TPSA) is 156 Å². The van der Waals surface area contributed by atoms with Gasteiger partial charge in [0.1, 0.15) is 29.5 Å². The maximum absolute atomic E-state index is 12.3. The third kappa shape index (κ3) is 14.6. The molecule has 0 aliphatic carbocycles. The molecule has 0 saturated carbocycles. The molecule has 0 bridgehead atoms. The monoisotopic (exact) mass is 569 g/mol. The summed E-state index contributed by atoms with van der Waals surface area (Å²) in [5.41, 5.74) is -1.23. The third-order valence-electron chi connectivity index (χ3n) is 4.85. The molecule has 2 N–H and O–H groups in total. The van der Waals surface area contributed by atoms with Crippen molar-refractivity contribution in [1.82, 2.24) is 5.32 Å². The van der Waals surface area contributed by atoms with Crippen molar-refractivity contribution in [1.29, 1.82) is 0 Å². The van der Waals surface area contributed by atoms with Gasteiger partial charge in [0.15, 0.2) is 11.5 Å². The Morgan fingerprint density at radius 2 is 1.35 bits per heavy atom. The smallest absolute Gasteiger partial charge is 0.480 e. The number of carbonyl (C=O) groups is 4. The van der Waals surface area contributed by atoms with Crippen LogP contribution in [0.25, 0.3) is 0 Å². The molecule has 1 rings (SSSR count). The van der Waals surface area contributed by atoms with Crippen molar-refractivity contribution >= 4 is 24.4 Å². The van der Waals surface area contributed by atoms with E-state index >= 15 is 0 Å². The average molecular weight is 570 g/mol. The third-order valence-corrected chi connectivity index (χ3v) is 4.85. The van der Waals surface area contributed by atoms with Crippen molar-refractivity contribution < 1.29 is 52.7 Å². The van der Waals surface area contributed by atoms with E-state index in [1.165, 1.54) is 18.2 Å². The number of hydrogen-bond donors (Lipinski definition) is 2. The van der Waals surface area contributed by atoms with Crippen LogP contribution in [0.15, 0.2) is 18.2 Å². The van der Waals surface area contributed by atoms with Gasteiger partial charge >= 0.3 is 24.4 Å². The van der Waals surface area contributed by atoms with Crippen LogP contribution in [0.3, 0.4) is 0 Å². The van der Waals surface area contributed by atoms with E-state index in [1.807, 2.05) is 6.92 Å². The van der Waals surface area contributed by atoms with E-state index in [9.17, 15) is 24.3 Å². The predicted molar refractivity (Wildman–Crippen MR) is 145 cm³/mol. The molecule has 0 aliphatic heterocycles. The van der Waals surface area contributed by atoms with Gasteiger partial charge in [0, 0.05) is 6.54 Å². The van der Waals surface area contributed by atoms with Crippen LogP contribution in [0.4, 0.5) is 14.4 Å². The maximum Gasteiger partial charge on any atom is 0.514 e. The molecule has 0 radical (unpaired) electrons. The minimum atomic E-state index is -1.16. The quantitative estimate of drug-likeness (QED) is 0.182. The molecule has 2 unspecified atom stereocenters. The SMILES string of the molecule is CCCC(C)OC(=O)OC(C)CN[C@@H](Cc1ccc(OC(=O)OC(C)(C)C)c(OC(=O)OC(C)(C)C)c1)C(=O)O. The van der Waals surface area contributed by atoms with Gasteiger partial charge in [-0.05, 0) is 85.9 Å². The molecule has 1 aromatic carbocycles. The number of hydrogen-bond acceptors (Lipinski definition) is 11. The second-order valence-electron chi connectivity index (χ2n) is 11.3. The van der Waals surface area contributed by atoms with Gasteiger partial charge < -0.3 is 38.8 Å². The molecule has 0 spiro atoms. The Balaban J connectivity index is 3.01. The molecule has 3 atom stereocenters. The second-order valence-corrected chi connectivity index (χ2v) is 11.3. The summed E-state index contributed by atoms with van der Waals surface area (Å²) in [6.07, 6.45) is -2.34. The summed E-state index contributed by atoms with van der Waals surface area (Å²) in [6.45, 7) is 15.3. The van der Waals surface area contributed by atoms with E-state index in [-0.39, 0.29) is 30.6 Å². The van der Waals surface area contributed by atoms with Gasteiger partial charge in [0.25, 0.3) is 0 Å². The van der Waals surface area contributed by atoms with E-state index in [0.29, 0.717) is 12.0 Å². The zero-order valence-corrected chi connectivity index (χ0v) is 24.8. The van der Waals surface area contributed by atoms with Crippen LogP contribution in [0.5, 0.6) is 11.5 Å². The molecule has 0 heterocycles. The summed E-state index contributed by atoms with van der Waals surface area (Å²) in [5.74, 6) is -1.45. The zero-order valence-electron chi connectivity index (χ0n) is 24.8. The molecule has 0 amide bonds. The number of rotatable bonds is 12. The lowest BCUT2D eigenvalue weighted by molar-refractivity contribution is -0.139. The first-order valence-corrected chi connectivity index (χ1v) is 13.2. The lowest BCUT2D eigenvalue weighted by atomic mass is 10.0. The number of aliphatic carboxylic acids is 1. The van der Waals surface area contributed by atoms with Crippen LogP contribution in [-0.4, -0.2) is 65.5 Å². The Morgan fingerprint density at radius 3 is 1.85 bits per heavy atom. The number of carboxylic acids is 1. The van der Waals surface area contributed by atoms with Gasteiger partial charge in [-0.25, -0.2) is 14.4 Å². The fourth-order valence-electron chi connectivity index (χ4n) is 3.22. The van der Waals surface area contributed by atoms with Gasteiger partial charge in [0.2, 0.25) is 0 Å². The summed E-state index contributed by atoms with van der Waals surface area (Å²) >= 11 is 0. The number of ether oxygens (including phenoxy) is 6. The van der Waals surface area contributed by atoms with Crippen molar-refractivity contribution in [2.45, 2.75) is 111 Å². The highest BCUT2D eigenvalue weighted by Gasteiger charge is 2.25. The van der Waals surface area contributed by atoms with Crippen molar-refractivity contribution in [3.63, 3.8) is 0 Å². The Labute approximate surface area is 235 Å². The summed E-state index contributed by atoms with van der Waals surface area (Å²) in [6, 6.07) is 3.16. The zero-order chi connectivity index (χ0) is 30.7. The molecule has 1 aromatic rings. The molecule has 0 aromatic heterocycles. The van der Waals surface area contributed by atoms with Gasteiger partial charge in [-0.2, -0.15) is 0 Å². The van der Waals surface area contributed by atoms with Gasteiger partial charge in [-0.1, -0.05) is 19.4 Å². The van der Waals surface area contributed by atoms with Crippen LogP contribution >= 0.6 is 0 Å². The van der Waals surface area contributed by atoms with Crippen molar-refractivity contribution in [2.24, 2.45) is 0 Å². The molecule has 12 nitrogen and oxygen atoms in total. The molecule has 0 fully saturated rings. The van der Waals surface area contributed by atoms with Crippen molar-refractivity contribution in [3.05, 3.63) is 23.8 Å². The van der Waals surface area contributed by atoms with Crippen LogP contribution in [0.2, 0.25) is 0 Å². The summed E-state index contributed by atoms with van der Waals surface area (Å²) < 4.78 is 31.2. The summed E-state index contributed by atoms with van der Waals surface area (Å²) in [7, 11) is 0. The molecule has 12 heteroatoms. The van der Waals surface area contributed by atoms with E-state index < -0.39 is 47.8 Å². The molecule has 40 heavy (non-hydrogen) atoms. The van der Waals surface area contributed by atoms with Crippen LogP contribution < -0.4 is 14.8 Å². The molecular formula is C28H43NO11. The largest absolute Gasteiger partial charge is 0.514 e. The fourth-order valence-corrected chi connectivity index (χ4v) is 3.22. The van der Waals surface area contributed by atoms with Crippen LogP contribution in [-0.2, 0) is 30.2 Å². The van der Waals surface area contributed by atoms with E-state index in [2.05, 4.69) is 5.32 Å². The minimum Gasteiger partial charge on any atom is -0.480 e. The van der Waals surface area contributed by atoms with E-state index in [4.69, 9.17) is 28.4 Å². The van der Waals surface area contributed by atoms with Gasteiger partial charge in [-0.3, -0.25) is 4.79 Å². The highest BCUT2D eigenvalue weighted by molar-refractivity contribution is 5.74. The van der Waals surface area contributed by atoms with E-state index in [1.54, 1.807) is 55.4 Å². The summed E-state index contributed by atoms with van der Waals surface area (Å²) in [5, 5.41) is 12.6. The van der Waals surface area contributed by atoms with Crippen LogP contribution in [0.1, 0.15) is 80.7 Å². The first kappa shape index (κ1) is 34.5. The van der Waals surface area contributed by atoms with Crippen LogP contribution in [0, 0.1) is 0 Å². The molecule has 226 valence electrons. The second kappa shape index (κ2) is 15.3. The Hall–Kier alpha value is -3.54. The lowest BCUT2D eigenvalue weighted by Crippen LogP contribution is -2.42. The lowest BCUT2D eigenvalue weighted by Gasteiger charge is -2.21. The molecular weight excluding hydrogens is 526 g/mol. The maximum atomic E-state index is 12.3. The minimum absolute atomic E-state index is 0.0370. The van der Waals surface area contributed by atoms with Crippen molar-refractivity contribution in [2.75, 3.05) is 6.54 Å². The number of benzene rings is 1. The number of carboxylic acid groups (broad SMARTS) is 1. The number of nitrogens with one attached hydrogen (secondary N) is 1. The highest BCUT2D eigenvalue weighted by Crippen LogP contribution is 2.31. The van der Waals surface area contributed by atoms with Gasteiger partial charge in [-0.15, -0.1) is 0 Å². The highest BCUT2D eigenvalue weighted by atomic mass is 16.8. The summed E-state index contributed by atoms with van der Waals surface area (Å²) in [4.78, 5) is 48.4. The first-order valence-electron chi connectivity index (χ1n) is 13.2. The Morgan fingerprint density at radius 1 is 0.825 bits per heavy atom. The fraction of sp³-hybridized carbons (Fsp3) is 0.643. The normalized spacial score (nSPS) is 13.8. The Kier molecular flexibility index (Phi) is 13.2. The molecule has 0 saturated heterocycles. The average Bonchev–Trinajstić information content (AvgIpc) is 2.75. The van der Waals surface area contributed by atoms with E-state index in [0.717, 1.165) is 6.42 Å². The number of carbonyl (C=O) groups excluding carboxylic acids is 3. The van der Waals surface area contributed by atoms with Gasteiger partial charge in [0.05, 0.1) is 0 Å². The van der Waals surface area contributed by atoms with Crippen molar-refractivity contribution in [3.8, 4) is 11.5 Å². The first-order chi connectivity index (χ1) is 18.4. The standard InChI is InChI=1S/C28H43NO11/c1-10-11-17(2)35-24(32)36-18(3)16-29-20(23(30)31)14-19-12-13-21(37-25(33)39-27(4,5)6)22(15-19)38-26(34)40-28(7,8)9/h12-13,15,17-18,20,29H,10-11,14,16H2,1-9H3,(H,30,31)/t17?,18?,20-/m0/s1. The predicted octanol–water partition coefficient (Wildman–Crippen LogP) is 5.63. The molecule has 0 aliphatic rings.